The lowest BCUT2D eigenvalue weighted by molar-refractivity contribution is 0.217. The van der Waals surface area contributed by atoms with Gasteiger partial charge in [-0.2, -0.15) is 0 Å². The van der Waals surface area contributed by atoms with Crippen molar-refractivity contribution >= 4 is 0 Å². The van der Waals surface area contributed by atoms with Crippen molar-refractivity contribution in [3.05, 3.63) is 36.5 Å². The predicted molar refractivity (Wildman–Crippen MR) is 211 cm³/mol. The number of unbranched alkanes of at least 4 members (excludes halogenated alkanes) is 25. The van der Waals surface area contributed by atoms with Crippen molar-refractivity contribution in [1.29, 1.82) is 0 Å². The number of aliphatic hydroxyl groups excluding tert-OH is 2. The van der Waals surface area contributed by atoms with Crippen LogP contribution in [-0.4, -0.2) is 22.4 Å². The van der Waals surface area contributed by atoms with Crippen LogP contribution in [0.3, 0.4) is 0 Å². The Morgan fingerprint density at radius 1 is 0.417 bits per heavy atom. The SMILES string of the molecule is C#C/C=C\CCCCCCCCCCCCCC/C=C\CCCC/C=C\CCCCC#C[C@H](O)C#CCCCCCCCC[C@H](O)C#C. The molecule has 0 radical (unpaired) electrons. The molecule has 0 aliphatic rings. The highest BCUT2D eigenvalue weighted by Gasteiger charge is 1.98. The highest BCUT2D eigenvalue weighted by atomic mass is 16.3. The highest BCUT2D eigenvalue weighted by Crippen LogP contribution is 2.14. The Hall–Kier alpha value is -2.62. The molecule has 0 fully saturated rings. The van der Waals surface area contributed by atoms with E-state index in [0.717, 1.165) is 64.2 Å². The van der Waals surface area contributed by atoms with Gasteiger partial charge in [0, 0.05) is 12.8 Å². The Morgan fingerprint density at radius 3 is 1.19 bits per heavy atom. The molecule has 0 amide bonds. The van der Waals surface area contributed by atoms with Crippen molar-refractivity contribution in [2.75, 3.05) is 0 Å². The zero-order chi connectivity index (χ0) is 34.9. The number of hydrogen-bond donors (Lipinski definition) is 2. The Kier molecular flexibility index (Phi) is 38.3. The monoisotopic (exact) mass is 657 g/mol. The van der Waals surface area contributed by atoms with E-state index >= 15 is 0 Å². The average Bonchev–Trinajstić information content (AvgIpc) is 3.09. The zero-order valence-corrected chi connectivity index (χ0v) is 30.9. The van der Waals surface area contributed by atoms with Gasteiger partial charge in [0.2, 0.25) is 0 Å². The second-order valence-corrected chi connectivity index (χ2v) is 13.2. The minimum atomic E-state index is -0.822. The molecule has 0 saturated carbocycles. The van der Waals surface area contributed by atoms with Gasteiger partial charge in [-0.05, 0) is 96.0 Å². The number of aliphatic hydroxyl groups is 2. The van der Waals surface area contributed by atoms with E-state index in [9.17, 15) is 10.2 Å². The van der Waals surface area contributed by atoms with Crippen LogP contribution in [-0.2, 0) is 0 Å². The molecular weight excluding hydrogens is 585 g/mol. The van der Waals surface area contributed by atoms with Crippen LogP contribution in [0.1, 0.15) is 193 Å². The minimum absolute atomic E-state index is 0.587. The molecule has 2 heteroatoms. The third kappa shape index (κ3) is 39.6. The summed E-state index contributed by atoms with van der Waals surface area (Å²) >= 11 is 0. The largest absolute Gasteiger partial charge is 0.380 e. The van der Waals surface area contributed by atoms with E-state index in [0.29, 0.717) is 6.42 Å². The Morgan fingerprint density at radius 2 is 0.750 bits per heavy atom. The van der Waals surface area contributed by atoms with E-state index in [-0.39, 0.29) is 0 Å². The Balaban J connectivity index is 3.39. The van der Waals surface area contributed by atoms with Crippen LogP contribution in [0, 0.1) is 48.4 Å². The number of terminal acetylenes is 2. The lowest BCUT2D eigenvalue weighted by Gasteiger charge is -2.02. The minimum Gasteiger partial charge on any atom is -0.380 e. The van der Waals surface area contributed by atoms with Gasteiger partial charge in [-0.1, -0.05) is 156 Å². The molecule has 0 rings (SSSR count). The predicted octanol–water partition coefficient (Wildman–Crippen LogP) is 12.4. The maximum absolute atomic E-state index is 9.92. The number of rotatable bonds is 32. The fourth-order valence-corrected chi connectivity index (χ4v) is 5.63. The smallest absolute Gasteiger partial charge is 0.176 e. The lowest BCUT2D eigenvalue weighted by Crippen LogP contribution is -2.01. The van der Waals surface area contributed by atoms with Crippen molar-refractivity contribution < 1.29 is 10.2 Å². The maximum atomic E-state index is 9.92. The first-order chi connectivity index (χ1) is 23.7. The van der Waals surface area contributed by atoms with Gasteiger partial charge in [0.1, 0.15) is 6.10 Å². The molecule has 0 aromatic carbocycles. The van der Waals surface area contributed by atoms with Crippen LogP contribution in [0.25, 0.3) is 0 Å². The summed E-state index contributed by atoms with van der Waals surface area (Å²) in [4.78, 5) is 0. The second-order valence-electron chi connectivity index (χ2n) is 13.2. The molecule has 2 N–H and O–H groups in total. The first kappa shape index (κ1) is 45.4. The van der Waals surface area contributed by atoms with Crippen molar-refractivity contribution in [3.8, 4) is 48.4 Å². The molecule has 0 heterocycles. The van der Waals surface area contributed by atoms with Gasteiger partial charge >= 0.3 is 0 Å². The molecule has 0 aromatic rings. The summed E-state index contributed by atoms with van der Waals surface area (Å²) in [5.74, 6) is 16.8. The summed E-state index contributed by atoms with van der Waals surface area (Å²) in [5, 5.41) is 19.2. The van der Waals surface area contributed by atoms with Gasteiger partial charge in [0.05, 0.1) is 0 Å². The van der Waals surface area contributed by atoms with Crippen molar-refractivity contribution in [3.63, 3.8) is 0 Å². The molecule has 2 atom stereocenters. The van der Waals surface area contributed by atoms with Gasteiger partial charge in [0.25, 0.3) is 0 Å². The van der Waals surface area contributed by atoms with Crippen LogP contribution < -0.4 is 0 Å². The standard InChI is InChI=1S/C46H72O2/c1-3-5-6-7-8-9-10-11-12-13-14-15-16-17-18-19-20-21-22-23-24-25-26-27-28-29-30-34-37-40-43-46(48)44-41-38-35-32-31-33-36-39-42-45(47)4-2/h1-2,5-6,21-22,27-28,45-48H,7-20,23-26,29-39,42H2/b6-5-,22-21-,28-27-/t45-,46+/m1/s1. The topological polar surface area (TPSA) is 40.5 Å². The molecule has 0 unspecified atom stereocenters. The fourth-order valence-electron chi connectivity index (χ4n) is 5.63. The number of hydrogen-bond acceptors (Lipinski definition) is 2. The molecule has 48 heavy (non-hydrogen) atoms. The van der Waals surface area contributed by atoms with E-state index in [1.807, 2.05) is 6.08 Å². The number of allylic oxidation sites excluding steroid dienone is 6. The van der Waals surface area contributed by atoms with E-state index in [1.165, 1.54) is 122 Å². The second kappa shape index (κ2) is 40.6. The first-order valence-electron chi connectivity index (χ1n) is 19.9. The zero-order valence-electron chi connectivity index (χ0n) is 30.9. The molecule has 0 aliphatic carbocycles. The first-order valence-corrected chi connectivity index (χ1v) is 19.9. The van der Waals surface area contributed by atoms with Crippen molar-refractivity contribution in [1.82, 2.24) is 0 Å². The summed E-state index contributed by atoms with van der Waals surface area (Å²) in [6.07, 6.45) is 58.7. The summed E-state index contributed by atoms with van der Waals surface area (Å²) in [7, 11) is 0. The summed E-state index contributed by atoms with van der Waals surface area (Å²) in [6, 6.07) is 0. The fraction of sp³-hybridized carbons (Fsp3) is 0.696. The molecular formula is C46H72O2. The quantitative estimate of drug-likeness (QED) is 0.0430. The molecule has 0 spiro atoms. The van der Waals surface area contributed by atoms with Gasteiger partial charge in [0.15, 0.2) is 6.10 Å². The average molecular weight is 657 g/mol. The van der Waals surface area contributed by atoms with Crippen LogP contribution in [0.5, 0.6) is 0 Å². The summed E-state index contributed by atoms with van der Waals surface area (Å²) in [6.45, 7) is 0. The summed E-state index contributed by atoms with van der Waals surface area (Å²) in [5.41, 5.74) is 0. The maximum Gasteiger partial charge on any atom is 0.176 e. The van der Waals surface area contributed by atoms with Crippen LogP contribution >= 0.6 is 0 Å². The van der Waals surface area contributed by atoms with Gasteiger partial charge < -0.3 is 10.2 Å². The van der Waals surface area contributed by atoms with E-state index < -0.39 is 12.2 Å². The van der Waals surface area contributed by atoms with Gasteiger partial charge in [-0.15, -0.1) is 12.8 Å². The van der Waals surface area contributed by atoms with Gasteiger partial charge in [-0.25, -0.2) is 0 Å². The molecule has 0 aromatic heterocycles. The van der Waals surface area contributed by atoms with Crippen LogP contribution in [0.4, 0.5) is 0 Å². The highest BCUT2D eigenvalue weighted by molar-refractivity contribution is 5.19. The Bertz CT molecular complexity index is 980. The molecule has 0 saturated heterocycles. The lowest BCUT2D eigenvalue weighted by atomic mass is 10.0. The van der Waals surface area contributed by atoms with Gasteiger partial charge in [-0.3, -0.25) is 0 Å². The molecule has 2 nitrogen and oxygen atoms in total. The normalized spacial score (nSPS) is 12.4. The van der Waals surface area contributed by atoms with E-state index in [2.05, 4.69) is 65.9 Å². The molecule has 0 bridgehead atoms. The molecule has 0 aliphatic heterocycles. The van der Waals surface area contributed by atoms with Crippen molar-refractivity contribution in [2.45, 2.75) is 205 Å². The van der Waals surface area contributed by atoms with E-state index in [4.69, 9.17) is 12.8 Å². The third-order valence-corrected chi connectivity index (χ3v) is 8.65. The Labute approximate surface area is 299 Å². The van der Waals surface area contributed by atoms with Crippen molar-refractivity contribution in [2.24, 2.45) is 0 Å². The molecule has 268 valence electrons. The van der Waals surface area contributed by atoms with Crippen LogP contribution in [0.15, 0.2) is 36.5 Å². The van der Waals surface area contributed by atoms with Crippen LogP contribution in [0.2, 0.25) is 0 Å². The summed E-state index contributed by atoms with van der Waals surface area (Å²) < 4.78 is 0. The van der Waals surface area contributed by atoms with E-state index in [1.54, 1.807) is 0 Å². The third-order valence-electron chi connectivity index (χ3n) is 8.65.